The molecule has 0 aliphatic carbocycles. The van der Waals surface area contributed by atoms with Crippen LogP contribution in [0.1, 0.15) is 44.7 Å². The van der Waals surface area contributed by atoms with Gasteiger partial charge in [-0.25, -0.2) is 0 Å². The maximum Gasteiger partial charge on any atom is 0.251 e. The summed E-state index contributed by atoms with van der Waals surface area (Å²) < 4.78 is 0. The summed E-state index contributed by atoms with van der Waals surface area (Å²) in [5.74, 6) is 0.0146. The van der Waals surface area contributed by atoms with Gasteiger partial charge in [-0.15, -0.1) is 0 Å². The molecule has 0 spiro atoms. The highest BCUT2D eigenvalue weighted by Crippen LogP contribution is 2.24. The van der Waals surface area contributed by atoms with Crippen LogP contribution in [0.5, 0.6) is 0 Å². The van der Waals surface area contributed by atoms with Gasteiger partial charge in [-0.3, -0.25) is 9.59 Å². The van der Waals surface area contributed by atoms with Crippen LogP contribution in [-0.4, -0.2) is 25.9 Å². The van der Waals surface area contributed by atoms with E-state index in [2.05, 4.69) is 17.6 Å². The minimum atomic E-state index is -0.0888. The van der Waals surface area contributed by atoms with Crippen molar-refractivity contribution >= 4 is 11.8 Å². The van der Waals surface area contributed by atoms with Gasteiger partial charge >= 0.3 is 0 Å². The van der Waals surface area contributed by atoms with Crippen LogP contribution in [0.4, 0.5) is 0 Å². The third-order valence-electron chi connectivity index (χ3n) is 3.80. The molecule has 0 atom stereocenters. The molecule has 4 nitrogen and oxygen atoms in total. The molecule has 2 rings (SSSR count). The molecular formula is C18H20N2O2. The van der Waals surface area contributed by atoms with E-state index in [1.165, 1.54) is 0 Å². The van der Waals surface area contributed by atoms with Gasteiger partial charge in [0, 0.05) is 31.1 Å². The van der Waals surface area contributed by atoms with Crippen molar-refractivity contribution < 1.29 is 9.59 Å². The highest BCUT2D eigenvalue weighted by Gasteiger charge is 2.11. The van der Waals surface area contributed by atoms with Crippen LogP contribution in [0.15, 0.2) is 48.5 Å². The van der Waals surface area contributed by atoms with E-state index in [0.717, 1.165) is 11.1 Å². The van der Waals surface area contributed by atoms with E-state index >= 15 is 0 Å². The summed E-state index contributed by atoms with van der Waals surface area (Å²) in [7, 11) is 3.24. The molecule has 0 aromatic heterocycles. The van der Waals surface area contributed by atoms with Crippen molar-refractivity contribution in [3.8, 4) is 0 Å². The largest absolute Gasteiger partial charge is 0.355 e. The van der Waals surface area contributed by atoms with Crippen LogP contribution in [0, 0.1) is 0 Å². The third-order valence-corrected chi connectivity index (χ3v) is 3.80. The lowest BCUT2D eigenvalue weighted by Gasteiger charge is -2.13. The van der Waals surface area contributed by atoms with Crippen molar-refractivity contribution in [1.82, 2.24) is 10.6 Å². The predicted octanol–water partition coefficient (Wildman–Crippen LogP) is 2.56. The summed E-state index contributed by atoms with van der Waals surface area (Å²) in [6, 6.07) is 15.1. The first-order valence-corrected chi connectivity index (χ1v) is 7.21. The lowest BCUT2D eigenvalue weighted by molar-refractivity contribution is 0.0955. The fourth-order valence-electron chi connectivity index (χ4n) is 2.33. The van der Waals surface area contributed by atoms with Gasteiger partial charge in [0.1, 0.15) is 0 Å². The predicted molar refractivity (Wildman–Crippen MR) is 87.2 cm³/mol. The van der Waals surface area contributed by atoms with E-state index in [1.807, 2.05) is 48.5 Å². The van der Waals surface area contributed by atoms with Crippen LogP contribution in [0.3, 0.4) is 0 Å². The van der Waals surface area contributed by atoms with Crippen LogP contribution in [0.2, 0.25) is 0 Å². The maximum absolute atomic E-state index is 11.5. The number of carbonyl (C=O) groups is 2. The van der Waals surface area contributed by atoms with Crippen molar-refractivity contribution in [1.29, 1.82) is 0 Å². The Morgan fingerprint density at radius 2 is 1.05 bits per heavy atom. The smallest absolute Gasteiger partial charge is 0.251 e. The van der Waals surface area contributed by atoms with Crippen molar-refractivity contribution in [2.45, 2.75) is 12.8 Å². The van der Waals surface area contributed by atoms with Crippen molar-refractivity contribution in [3.05, 3.63) is 70.8 Å². The molecule has 22 heavy (non-hydrogen) atoms. The molecule has 0 bridgehead atoms. The van der Waals surface area contributed by atoms with Gasteiger partial charge in [-0.2, -0.15) is 0 Å². The number of carbonyl (C=O) groups excluding carboxylic acids is 2. The van der Waals surface area contributed by atoms with E-state index in [0.29, 0.717) is 11.1 Å². The molecular weight excluding hydrogens is 276 g/mol. The van der Waals surface area contributed by atoms with Crippen molar-refractivity contribution in [2.24, 2.45) is 0 Å². The van der Waals surface area contributed by atoms with Crippen LogP contribution < -0.4 is 10.6 Å². The third kappa shape index (κ3) is 3.34. The average molecular weight is 296 g/mol. The monoisotopic (exact) mass is 296 g/mol. The molecule has 0 aliphatic rings. The van der Waals surface area contributed by atoms with E-state index in [-0.39, 0.29) is 17.7 Å². The van der Waals surface area contributed by atoms with Gasteiger partial charge in [-0.1, -0.05) is 31.2 Å². The van der Waals surface area contributed by atoms with Crippen molar-refractivity contribution in [2.75, 3.05) is 14.1 Å². The van der Waals surface area contributed by atoms with Crippen molar-refractivity contribution in [3.63, 3.8) is 0 Å². The Labute approximate surface area is 130 Å². The maximum atomic E-state index is 11.5. The Kier molecular flexibility index (Phi) is 4.94. The Balaban J connectivity index is 2.18. The van der Waals surface area contributed by atoms with E-state index in [4.69, 9.17) is 0 Å². The van der Waals surface area contributed by atoms with Crippen LogP contribution >= 0.6 is 0 Å². The first-order valence-electron chi connectivity index (χ1n) is 7.21. The molecule has 4 heteroatoms. The van der Waals surface area contributed by atoms with E-state index < -0.39 is 0 Å². The average Bonchev–Trinajstić information content (AvgIpc) is 2.60. The molecule has 2 aromatic carbocycles. The summed E-state index contributed by atoms with van der Waals surface area (Å²) in [6.45, 7) is 2.10. The highest BCUT2D eigenvalue weighted by molar-refractivity contribution is 5.94. The Hall–Kier alpha value is -2.62. The summed E-state index contributed by atoms with van der Waals surface area (Å²) in [5.41, 5.74) is 3.54. The molecule has 0 aliphatic heterocycles. The van der Waals surface area contributed by atoms with Crippen LogP contribution in [0.25, 0.3) is 0 Å². The second-order valence-electron chi connectivity index (χ2n) is 5.12. The fourth-order valence-corrected chi connectivity index (χ4v) is 2.33. The topological polar surface area (TPSA) is 58.2 Å². The molecule has 0 unspecified atom stereocenters. The second kappa shape index (κ2) is 6.89. The quantitative estimate of drug-likeness (QED) is 0.911. The molecule has 0 saturated heterocycles. The lowest BCUT2D eigenvalue weighted by Crippen LogP contribution is -2.17. The molecule has 0 heterocycles. The number of benzene rings is 2. The van der Waals surface area contributed by atoms with Gasteiger partial charge in [0.05, 0.1) is 0 Å². The minimum Gasteiger partial charge on any atom is -0.355 e. The zero-order valence-corrected chi connectivity index (χ0v) is 13.0. The second-order valence-corrected chi connectivity index (χ2v) is 5.12. The van der Waals surface area contributed by atoms with Gasteiger partial charge in [0.2, 0.25) is 0 Å². The Bertz CT molecular complexity index is 601. The lowest BCUT2D eigenvalue weighted by atomic mass is 9.92. The molecule has 0 fully saturated rings. The number of amides is 2. The number of hydrogen-bond donors (Lipinski definition) is 2. The zero-order valence-electron chi connectivity index (χ0n) is 13.0. The number of rotatable bonds is 4. The normalized spacial score (nSPS) is 10.4. The summed E-state index contributed by atoms with van der Waals surface area (Å²) in [5, 5.41) is 5.21. The SMILES string of the molecule is CNC(=O)c1ccc(C(C)c2ccc(C(=O)NC)cc2)cc1. The fraction of sp³-hybridized carbons (Fsp3) is 0.222. The minimum absolute atomic E-state index is 0.0888. The Morgan fingerprint density at radius 3 is 1.32 bits per heavy atom. The van der Waals surface area contributed by atoms with Crippen LogP contribution in [-0.2, 0) is 0 Å². The number of hydrogen-bond acceptors (Lipinski definition) is 2. The first-order chi connectivity index (χ1) is 10.6. The van der Waals surface area contributed by atoms with Gasteiger partial charge in [0.25, 0.3) is 11.8 Å². The zero-order chi connectivity index (χ0) is 16.1. The highest BCUT2D eigenvalue weighted by atomic mass is 16.2. The molecule has 0 saturated carbocycles. The molecule has 114 valence electrons. The van der Waals surface area contributed by atoms with E-state index in [1.54, 1.807) is 14.1 Å². The molecule has 2 amide bonds. The first kappa shape index (κ1) is 15.8. The van der Waals surface area contributed by atoms with Gasteiger partial charge < -0.3 is 10.6 Å². The summed E-state index contributed by atoms with van der Waals surface area (Å²) >= 11 is 0. The molecule has 0 radical (unpaired) electrons. The van der Waals surface area contributed by atoms with Gasteiger partial charge in [0.15, 0.2) is 0 Å². The molecule has 2 aromatic rings. The molecule has 2 N–H and O–H groups in total. The Morgan fingerprint density at radius 1 is 0.727 bits per heavy atom. The summed E-state index contributed by atoms with van der Waals surface area (Å²) in [6.07, 6.45) is 0. The van der Waals surface area contributed by atoms with E-state index in [9.17, 15) is 9.59 Å². The van der Waals surface area contributed by atoms with Gasteiger partial charge in [-0.05, 0) is 35.4 Å². The number of nitrogens with one attached hydrogen (secondary N) is 2. The summed E-state index contributed by atoms with van der Waals surface area (Å²) in [4.78, 5) is 23.1. The standard InChI is InChI=1S/C18H20N2O2/c1-12(13-4-8-15(9-5-13)17(21)19-2)14-6-10-16(11-7-14)18(22)20-3/h4-12H,1-3H3,(H,19,21)(H,20,22).